The Morgan fingerprint density at radius 2 is 0.949 bits per heavy atom. The maximum absolute atomic E-state index is 13.0. The monoisotopic (exact) mass is 838 g/mol. The zero-order chi connectivity index (χ0) is 43.0. The van der Waals surface area contributed by atoms with Crippen molar-refractivity contribution in [1.29, 1.82) is 0 Å². The average Bonchev–Trinajstić information content (AvgIpc) is 3.23. The Bertz CT molecular complexity index is 977. The van der Waals surface area contributed by atoms with Crippen LogP contribution in [-0.2, 0) is 14.3 Å². The summed E-state index contributed by atoms with van der Waals surface area (Å²) < 4.78 is 11.2. The molecule has 0 aromatic rings. The van der Waals surface area contributed by atoms with Crippen molar-refractivity contribution in [2.45, 2.75) is 275 Å². The number of amides is 1. The molecule has 6 N–H and O–H groups in total. The molecule has 9 nitrogen and oxygen atoms in total. The lowest BCUT2D eigenvalue weighted by Crippen LogP contribution is -2.60. The van der Waals surface area contributed by atoms with Crippen molar-refractivity contribution in [3.8, 4) is 0 Å². The predicted molar refractivity (Wildman–Crippen MR) is 244 cm³/mol. The molecule has 1 heterocycles. The number of unbranched alkanes of at least 4 members (excludes halogenated alkanes) is 30. The summed E-state index contributed by atoms with van der Waals surface area (Å²) in [5.41, 5.74) is 0. The molecule has 1 saturated heterocycles. The summed E-state index contributed by atoms with van der Waals surface area (Å²) in [6, 6.07) is -0.801. The van der Waals surface area contributed by atoms with Crippen LogP contribution >= 0.6 is 0 Å². The number of ether oxygens (including phenoxy) is 2. The highest BCUT2D eigenvalue weighted by atomic mass is 16.7. The van der Waals surface area contributed by atoms with E-state index in [1.807, 2.05) is 6.08 Å². The molecule has 9 heteroatoms. The Labute approximate surface area is 362 Å². The first kappa shape index (κ1) is 55.7. The zero-order valence-corrected chi connectivity index (χ0v) is 38.3. The van der Waals surface area contributed by atoms with Crippen LogP contribution in [0.25, 0.3) is 0 Å². The highest BCUT2D eigenvalue weighted by molar-refractivity contribution is 5.76. The van der Waals surface area contributed by atoms with Crippen LogP contribution in [0.3, 0.4) is 0 Å². The molecule has 0 unspecified atom stereocenters. The van der Waals surface area contributed by atoms with Crippen LogP contribution in [0.1, 0.15) is 232 Å². The smallest absolute Gasteiger partial charge is 0.220 e. The standard InChI is InChI=1S/C50H95NO8/c1-3-5-7-9-11-13-15-17-18-19-20-21-22-23-24-25-26-28-30-32-34-36-38-40-46(54)51-43(42-58-50-49(57)48(56)47(55)45(41-52)59-50)44(53)39-37-35-33-31-29-27-16-14-12-10-8-6-4-2/h17-18,37,39,43-45,47-50,52-53,55-57H,3-16,19-36,38,40-42H2,1-2H3,(H,51,54)/b18-17-,39-37+/t43-,44+,45+,47-,48-,49+,50+/m0/s1. The van der Waals surface area contributed by atoms with Crippen molar-refractivity contribution in [2.24, 2.45) is 0 Å². The molecule has 0 aromatic heterocycles. The fourth-order valence-corrected chi connectivity index (χ4v) is 7.97. The number of aliphatic hydroxyl groups excluding tert-OH is 5. The van der Waals surface area contributed by atoms with Crippen LogP contribution in [0.15, 0.2) is 24.3 Å². The summed E-state index contributed by atoms with van der Waals surface area (Å²) in [6.45, 7) is 3.78. The van der Waals surface area contributed by atoms with E-state index in [1.54, 1.807) is 6.08 Å². The van der Waals surface area contributed by atoms with Gasteiger partial charge in [0.1, 0.15) is 24.4 Å². The Morgan fingerprint density at radius 3 is 1.37 bits per heavy atom. The van der Waals surface area contributed by atoms with E-state index in [0.717, 1.165) is 38.5 Å². The summed E-state index contributed by atoms with van der Waals surface area (Å²) >= 11 is 0. The van der Waals surface area contributed by atoms with Gasteiger partial charge in [-0.15, -0.1) is 0 Å². The van der Waals surface area contributed by atoms with Gasteiger partial charge in [-0.2, -0.15) is 0 Å². The van der Waals surface area contributed by atoms with Gasteiger partial charge in [-0.05, 0) is 44.9 Å². The van der Waals surface area contributed by atoms with Gasteiger partial charge in [0.2, 0.25) is 5.91 Å². The van der Waals surface area contributed by atoms with Crippen LogP contribution in [0, 0.1) is 0 Å². The lowest BCUT2D eigenvalue weighted by molar-refractivity contribution is -0.302. The van der Waals surface area contributed by atoms with Crippen molar-refractivity contribution in [2.75, 3.05) is 13.2 Å². The van der Waals surface area contributed by atoms with E-state index in [-0.39, 0.29) is 12.5 Å². The molecule has 0 bridgehead atoms. The van der Waals surface area contributed by atoms with E-state index in [1.165, 1.54) is 173 Å². The molecule has 0 radical (unpaired) electrons. The second-order valence-electron chi connectivity index (χ2n) is 17.6. The lowest BCUT2D eigenvalue weighted by Gasteiger charge is -2.40. The maximum atomic E-state index is 13.0. The fraction of sp³-hybridized carbons (Fsp3) is 0.900. The second kappa shape index (κ2) is 40.7. The Hall–Kier alpha value is -1.33. The van der Waals surface area contributed by atoms with Crippen LogP contribution < -0.4 is 5.32 Å². The van der Waals surface area contributed by atoms with Gasteiger partial charge < -0.3 is 40.3 Å². The predicted octanol–water partition coefficient (Wildman–Crippen LogP) is 11.1. The highest BCUT2D eigenvalue weighted by Gasteiger charge is 2.44. The van der Waals surface area contributed by atoms with E-state index < -0.39 is 49.5 Å². The quantitative estimate of drug-likeness (QED) is 0.0263. The Morgan fingerprint density at radius 1 is 0.559 bits per heavy atom. The third-order valence-corrected chi connectivity index (χ3v) is 12.0. The van der Waals surface area contributed by atoms with Gasteiger partial charge in [-0.25, -0.2) is 0 Å². The van der Waals surface area contributed by atoms with Crippen molar-refractivity contribution in [3.63, 3.8) is 0 Å². The van der Waals surface area contributed by atoms with Gasteiger partial charge >= 0.3 is 0 Å². The highest BCUT2D eigenvalue weighted by Crippen LogP contribution is 2.23. The van der Waals surface area contributed by atoms with Gasteiger partial charge in [0.05, 0.1) is 25.4 Å². The first-order valence-corrected chi connectivity index (χ1v) is 25.1. The second-order valence-corrected chi connectivity index (χ2v) is 17.6. The molecular formula is C50H95NO8. The topological polar surface area (TPSA) is 149 Å². The molecule has 1 aliphatic rings. The number of hydrogen-bond donors (Lipinski definition) is 6. The fourth-order valence-electron chi connectivity index (χ4n) is 7.97. The molecule has 1 rings (SSSR count). The number of hydrogen-bond acceptors (Lipinski definition) is 8. The normalized spacial score (nSPS) is 20.8. The number of aliphatic hydroxyl groups is 5. The molecule has 0 aromatic carbocycles. The van der Waals surface area contributed by atoms with E-state index in [9.17, 15) is 30.3 Å². The van der Waals surface area contributed by atoms with Gasteiger partial charge in [0, 0.05) is 6.42 Å². The van der Waals surface area contributed by atoms with E-state index in [0.29, 0.717) is 6.42 Å². The molecule has 1 aliphatic heterocycles. The third-order valence-electron chi connectivity index (χ3n) is 12.0. The summed E-state index contributed by atoms with van der Waals surface area (Å²) in [7, 11) is 0. The van der Waals surface area contributed by atoms with E-state index >= 15 is 0 Å². The van der Waals surface area contributed by atoms with E-state index in [4.69, 9.17) is 9.47 Å². The summed E-state index contributed by atoms with van der Waals surface area (Å²) in [4.78, 5) is 13.0. The molecule has 348 valence electrons. The van der Waals surface area contributed by atoms with Gasteiger partial charge in [0.25, 0.3) is 0 Å². The maximum Gasteiger partial charge on any atom is 0.220 e. The summed E-state index contributed by atoms with van der Waals surface area (Å²) in [5, 5.41) is 54.2. The van der Waals surface area contributed by atoms with E-state index in [2.05, 4.69) is 31.3 Å². The van der Waals surface area contributed by atoms with Crippen molar-refractivity contribution >= 4 is 5.91 Å². The Balaban J connectivity index is 2.25. The SMILES string of the molecule is CCCCCCCC/C=C\CCCCCCCCCCCCCCCC(=O)N[C@@H](CO[C@@H]1O[C@H](CO)[C@H](O)[C@H](O)[C@H]1O)[C@H](O)/C=C/CCCCCCCCCCCCC. The van der Waals surface area contributed by atoms with Crippen LogP contribution in [0.5, 0.6) is 0 Å². The van der Waals surface area contributed by atoms with Crippen molar-refractivity contribution < 1.29 is 39.8 Å². The Kier molecular flexibility index (Phi) is 38.4. The van der Waals surface area contributed by atoms with Crippen molar-refractivity contribution in [1.82, 2.24) is 5.32 Å². The van der Waals surface area contributed by atoms with Gasteiger partial charge in [0.15, 0.2) is 6.29 Å². The molecule has 0 spiro atoms. The van der Waals surface area contributed by atoms with Gasteiger partial charge in [-0.1, -0.05) is 205 Å². The molecule has 1 amide bonds. The number of rotatable bonds is 42. The zero-order valence-electron chi connectivity index (χ0n) is 38.3. The summed E-state index contributed by atoms with van der Waals surface area (Å²) in [6.07, 6.45) is 42.3. The average molecular weight is 838 g/mol. The third kappa shape index (κ3) is 31.2. The number of nitrogens with one attached hydrogen (secondary N) is 1. The first-order valence-electron chi connectivity index (χ1n) is 25.1. The number of carbonyl (C=O) groups is 1. The van der Waals surface area contributed by atoms with Crippen LogP contribution in [0.4, 0.5) is 0 Å². The molecule has 0 saturated carbocycles. The molecule has 59 heavy (non-hydrogen) atoms. The van der Waals surface area contributed by atoms with Crippen LogP contribution in [-0.4, -0.2) is 87.5 Å². The number of allylic oxidation sites excluding steroid dienone is 3. The largest absolute Gasteiger partial charge is 0.394 e. The van der Waals surface area contributed by atoms with Crippen LogP contribution in [0.2, 0.25) is 0 Å². The molecule has 0 aliphatic carbocycles. The summed E-state index contributed by atoms with van der Waals surface area (Å²) in [5.74, 6) is -0.176. The molecule has 1 fully saturated rings. The number of carbonyl (C=O) groups excluding carboxylic acids is 1. The molecular weight excluding hydrogens is 743 g/mol. The van der Waals surface area contributed by atoms with Crippen molar-refractivity contribution in [3.05, 3.63) is 24.3 Å². The molecule has 7 atom stereocenters. The first-order chi connectivity index (χ1) is 28.8. The van der Waals surface area contributed by atoms with Gasteiger partial charge in [-0.3, -0.25) is 4.79 Å². The lowest BCUT2D eigenvalue weighted by atomic mass is 9.99. The minimum Gasteiger partial charge on any atom is -0.394 e. The minimum absolute atomic E-state index is 0.176. The minimum atomic E-state index is -1.56.